The maximum Gasteiger partial charge on any atom is 0.181 e. The second-order valence-corrected chi connectivity index (χ2v) is 5.62. The number of Topliss-reactive ketones (excluding diaryl/α,β-unsaturated/α-hetero) is 1. The van der Waals surface area contributed by atoms with Gasteiger partial charge in [0.15, 0.2) is 11.5 Å². The molecule has 1 heterocycles. The lowest BCUT2D eigenvalue weighted by Gasteiger charge is -2.12. The van der Waals surface area contributed by atoms with Gasteiger partial charge in [-0.1, -0.05) is 60.7 Å². The molecule has 3 rings (SSSR count). The summed E-state index contributed by atoms with van der Waals surface area (Å²) >= 11 is 0. The van der Waals surface area contributed by atoms with Gasteiger partial charge in [0.1, 0.15) is 24.7 Å². The molecule has 25 heavy (non-hydrogen) atoms. The van der Waals surface area contributed by atoms with E-state index < -0.39 is 0 Å². The number of nitrogens with zero attached hydrogens (tertiary/aromatic N) is 1. The van der Waals surface area contributed by atoms with Crippen LogP contribution in [0.1, 0.15) is 28.5 Å². The van der Waals surface area contributed by atoms with Crippen molar-refractivity contribution < 1.29 is 14.3 Å². The molecule has 0 atom stereocenters. The monoisotopic (exact) mass is 333 g/mol. The Morgan fingerprint density at radius 3 is 2.00 bits per heavy atom. The van der Waals surface area contributed by atoms with E-state index in [9.17, 15) is 4.79 Å². The maximum absolute atomic E-state index is 11.8. The second kappa shape index (κ2) is 8.11. The number of pyridine rings is 1. The standard InChI is InChI=1S/C21H19NO3/c1-16(23)21-20(25-15-18-10-6-3-7-11-18)12-19(13-22-21)24-14-17-8-4-2-5-9-17/h2-13H,14-15H2,1H3. The van der Waals surface area contributed by atoms with Gasteiger partial charge in [-0.15, -0.1) is 0 Å². The van der Waals surface area contributed by atoms with E-state index in [0.29, 0.717) is 30.4 Å². The fourth-order valence-corrected chi connectivity index (χ4v) is 2.36. The number of hydrogen-bond donors (Lipinski definition) is 0. The predicted octanol–water partition coefficient (Wildman–Crippen LogP) is 4.44. The zero-order valence-electron chi connectivity index (χ0n) is 14.0. The van der Waals surface area contributed by atoms with E-state index >= 15 is 0 Å². The molecule has 0 fully saturated rings. The van der Waals surface area contributed by atoms with Crippen molar-refractivity contribution in [2.45, 2.75) is 20.1 Å². The molecule has 0 N–H and O–H groups in total. The van der Waals surface area contributed by atoms with Gasteiger partial charge in [0.2, 0.25) is 0 Å². The van der Waals surface area contributed by atoms with E-state index in [-0.39, 0.29) is 5.78 Å². The molecule has 0 saturated heterocycles. The number of ketones is 1. The fourth-order valence-electron chi connectivity index (χ4n) is 2.36. The molecule has 0 saturated carbocycles. The molecule has 1 aromatic heterocycles. The van der Waals surface area contributed by atoms with Crippen LogP contribution < -0.4 is 9.47 Å². The van der Waals surface area contributed by atoms with Crippen LogP contribution in [0.2, 0.25) is 0 Å². The number of carbonyl (C=O) groups excluding carboxylic acids is 1. The first-order valence-electron chi connectivity index (χ1n) is 8.07. The number of ether oxygens (including phenoxy) is 2. The first-order valence-corrected chi connectivity index (χ1v) is 8.07. The lowest BCUT2D eigenvalue weighted by Crippen LogP contribution is -2.05. The Morgan fingerprint density at radius 1 is 0.880 bits per heavy atom. The molecule has 0 aliphatic rings. The molecule has 0 aliphatic carbocycles. The molecule has 2 aromatic carbocycles. The largest absolute Gasteiger partial charge is 0.487 e. The summed E-state index contributed by atoms with van der Waals surface area (Å²) in [5, 5.41) is 0. The van der Waals surface area contributed by atoms with E-state index in [1.54, 1.807) is 12.3 Å². The number of rotatable bonds is 7. The van der Waals surface area contributed by atoms with Crippen molar-refractivity contribution in [2.24, 2.45) is 0 Å². The molecule has 0 spiro atoms. The molecule has 0 unspecified atom stereocenters. The second-order valence-electron chi connectivity index (χ2n) is 5.62. The molecular weight excluding hydrogens is 314 g/mol. The van der Waals surface area contributed by atoms with Crippen LogP contribution in [0.4, 0.5) is 0 Å². The third-order valence-electron chi connectivity index (χ3n) is 3.65. The SMILES string of the molecule is CC(=O)c1ncc(OCc2ccccc2)cc1OCc1ccccc1. The molecule has 0 radical (unpaired) electrons. The summed E-state index contributed by atoms with van der Waals surface area (Å²) < 4.78 is 11.6. The van der Waals surface area contributed by atoms with Crippen LogP contribution >= 0.6 is 0 Å². The number of aromatic nitrogens is 1. The zero-order valence-corrected chi connectivity index (χ0v) is 14.0. The van der Waals surface area contributed by atoms with Gasteiger partial charge in [-0.25, -0.2) is 4.98 Å². The quantitative estimate of drug-likeness (QED) is 0.600. The highest BCUT2D eigenvalue weighted by atomic mass is 16.5. The maximum atomic E-state index is 11.8. The summed E-state index contributed by atoms with van der Waals surface area (Å²) in [4.78, 5) is 16.0. The number of benzene rings is 2. The molecule has 0 aliphatic heterocycles. The Labute approximate surface area is 147 Å². The molecular formula is C21H19NO3. The van der Waals surface area contributed by atoms with Gasteiger partial charge < -0.3 is 9.47 Å². The zero-order chi connectivity index (χ0) is 17.5. The Kier molecular flexibility index (Phi) is 5.42. The van der Waals surface area contributed by atoms with Crippen molar-refractivity contribution in [1.82, 2.24) is 4.98 Å². The Bertz CT molecular complexity index is 832. The van der Waals surface area contributed by atoms with Gasteiger partial charge in [0.25, 0.3) is 0 Å². The molecule has 4 heteroatoms. The normalized spacial score (nSPS) is 10.3. The number of carbonyl (C=O) groups is 1. The molecule has 0 bridgehead atoms. The average molecular weight is 333 g/mol. The third-order valence-corrected chi connectivity index (χ3v) is 3.65. The Morgan fingerprint density at radius 2 is 1.44 bits per heavy atom. The Hall–Kier alpha value is -3.14. The van der Waals surface area contributed by atoms with Crippen molar-refractivity contribution >= 4 is 5.78 Å². The van der Waals surface area contributed by atoms with Crippen LogP contribution in [0.25, 0.3) is 0 Å². The molecule has 4 nitrogen and oxygen atoms in total. The summed E-state index contributed by atoms with van der Waals surface area (Å²) in [7, 11) is 0. The number of hydrogen-bond acceptors (Lipinski definition) is 4. The first-order chi connectivity index (χ1) is 12.2. The van der Waals surface area contributed by atoms with Crippen molar-refractivity contribution in [1.29, 1.82) is 0 Å². The van der Waals surface area contributed by atoms with Crippen LogP contribution in [0.5, 0.6) is 11.5 Å². The lowest BCUT2D eigenvalue weighted by molar-refractivity contribution is 0.100. The minimum absolute atomic E-state index is 0.141. The summed E-state index contributed by atoms with van der Waals surface area (Å²) in [6, 6.07) is 21.4. The van der Waals surface area contributed by atoms with Crippen LogP contribution in [0.3, 0.4) is 0 Å². The van der Waals surface area contributed by atoms with Gasteiger partial charge >= 0.3 is 0 Å². The fraction of sp³-hybridized carbons (Fsp3) is 0.143. The van der Waals surface area contributed by atoms with Crippen LogP contribution in [-0.4, -0.2) is 10.8 Å². The highest BCUT2D eigenvalue weighted by molar-refractivity contribution is 5.94. The van der Waals surface area contributed by atoms with Gasteiger partial charge in [0.05, 0.1) is 6.20 Å². The minimum atomic E-state index is -0.141. The Balaban J connectivity index is 1.73. The van der Waals surface area contributed by atoms with Gasteiger partial charge in [-0.3, -0.25) is 4.79 Å². The van der Waals surface area contributed by atoms with E-state index in [0.717, 1.165) is 11.1 Å². The molecule has 0 amide bonds. The third kappa shape index (κ3) is 4.67. The highest BCUT2D eigenvalue weighted by Crippen LogP contribution is 2.24. The summed E-state index contributed by atoms with van der Waals surface area (Å²) in [6.45, 7) is 2.27. The van der Waals surface area contributed by atoms with E-state index in [4.69, 9.17) is 9.47 Å². The van der Waals surface area contributed by atoms with Crippen molar-refractivity contribution in [3.63, 3.8) is 0 Å². The average Bonchev–Trinajstić information content (AvgIpc) is 2.66. The van der Waals surface area contributed by atoms with Gasteiger partial charge in [-0.2, -0.15) is 0 Å². The van der Waals surface area contributed by atoms with E-state index in [1.165, 1.54) is 6.92 Å². The van der Waals surface area contributed by atoms with Crippen LogP contribution in [0.15, 0.2) is 72.9 Å². The molecule has 126 valence electrons. The van der Waals surface area contributed by atoms with Crippen LogP contribution in [0, 0.1) is 0 Å². The van der Waals surface area contributed by atoms with Gasteiger partial charge in [0, 0.05) is 13.0 Å². The molecule has 3 aromatic rings. The van der Waals surface area contributed by atoms with Crippen LogP contribution in [-0.2, 0) is 13.2 Å². The lowest BCUT2D eigenvalue weighted by atomic mass is 10.2. The highest BCUT2D eigenvalue weighted by Gasteiger charge is 2.12. The van der Waals surface area contributed by atoms with Crippen molar-refractivity contribution in [2.75, 3.05) is 0 Å². The summed E-state index contributed by atoms with van der Waals surface area (Å²) in [5.74, 6) is 0.858. The smallest absolute Gasteiger partial charge is 0.181 e. The minimum Gasteiger partial charge on any atom is -0.487 e. The predicted molar refractivity (Wildman–Crippen MR) is 95.8 cm³/mol. The first kappa shape index (κ1) is 16.7. The van der Waals surface area contributed by atoms with E-state index in [2.05, 4.69) is 4.98 Å². The van der Waals surface area contributed by atoms with E-state index in [1.807, 2.05) is 60.7 Å². The summed E-state index contributed by atoms with van der Waals surface area (Å²) in [5.41, 5.74) is 2.39. The summed E-state index contributed by atoms with van der Waals surface area (Å²) in [6.07, 6.45) is 1.55. The van der Waals surface area contributed by atoms with Crippen molar-refractivity contribution in [3.8, 4) is 11.5 Å². The topological polar surface area (TPSA) is 48.4 Å². The van der Waals surface area contributed by atoms with Crippen molar-refractivity contribution in [3.05, 3.63) is 89.7 Å². The van der Waals surface area contributed by atoms with Gasteiger partial charge in [-0.05, 0) is 11.1 Å².